The molecule has 28 heavy (non-hydrogen) atoms. The van der Waals surface area contributed by atoms with Gasteiger partial charge in [-0.3, -0.25) is 9.59 Å². The number of hydrogen-bond donors (Lipinski definition) is 2. The number of benzene rings is 1. The van der Waals surface area contributed by atoms with E-state index in [9.17, 15) is 9.59 Å². The van der Waals surface area contributed by atoms with Gasteiger partial charge in [-0.2, -0.15) is 0 Å². The molecule has 6 nitrogen and oxygen atoms in total. The van der Waals surface area contributed by atoms with Crippen LogP contribution in [0.1, 0.15) is 39.6 Å². The molecule has 0 saturated carbocycles. The number of aryl methyl sites for hydroxylation is 1. The first-order valence-corrected chi connectivity index (χ1v) is 9.95. The van der Waals surface area contributed by atoms with E-state index >= 15 is 0 Å². The quantitative estimate of drug-likeness (QED) is 0.588. The number of furan rings is 1. The zero-order valence-corrected chi connectivity index (χ0v) is 16.9. The van der Waals surface area contributed by atoms with Gasteiger partial charge in [-0.15, -0.1) is 11.3 Å². The Bertz CT molecular complexity index is 942. The van der Waals surface area contributed by atoms with E-state index in [1.54, 1.807) is 18.2 Å². The van der Waals surface area contributed by atoms with Crippen molar-refractivity contribution in [3.63, 3.8) is 0 Å². The zero-order chi connectivity index (χ0) is 20.1. The number of rotatable bonds is 7. The summed E-state index contributed by atoms with van der Waals surface area (Å²) in [6.45, 7) is 7.94. The first kappa shape index (κ1) is 19.7. The molecule has 0 atom stereocenters. The molecule has 0 fully saturated rings. The van der Waals surface area contributed by atoms with Gasteiger partial charge >= 0.3 is 0 Å². The smallest absolute Gasteiger partial charge is 0.291 e. The van der Waals surface area contributed by atoms with Gasteiger partial charge in [0.25, 0.3) is 11.8 Å². The molecular weight excluding hydrogens is 374 g/mol. The Morgan fingerprint density at radius 1 is 1.04 bits per heavy atom. The van der Waals surface area contributed by atoms with Crippen molar-refractivity contribution >= 4 is 39.5 Å². The van der Waals surface area contributed by atoms with Crippen molar-refractivity contribution in [2.75, 3.05) is 28.6 Å². The molecule has 0 aliphatic heterocycles. The van der Waals surface area contributed by atoms with E-state index in [-0.39, 0.29) is 17.6 Å². The second kappa shape index (κ2) is 8.75. The SMILES string of the molecule is CCN(CC)c1ccc(NC(=O)c2sc(NC(=O)c3ccco3)cc2C)cc1. The Morgan fingerprint density at radius 3 is 2.36 bits per heavy atom. The molecule has 2 amide bonds. The van der Waals surface area contributed by atoms with Crippen LogP contribution in [0.2, 0.25) is 0 Å². The normalized spacial score (nSPS) is 10.5. The van der Waals surface area contributed by atoms with Gasteiger partial charge in [0.1, 0.15) is 0 Å². The van der Waals surface area contributed by atoms with Gasteiger partial charge in [-0.25, -0.2) is 0 Å². The van der Waals surface area contributed by atoms with Crippen LogP contribution in [-0.4, -0.2) is 24.9 Å². The van der Waals surface area contributed by atoms with Gasteiger partial charge in [-0.05, 0) is 68.8 Å². The summed E-state index contributed by atoms with van der Waals surface area (Å²) in [7, 11) is 0. The molecule has 3 rings (SSSR count). The summed E-state index contributed by atoms with van der Waals surface area (Å²) in [6, 6.07) is 12.8. The first-order valence-electron chi connectivity index (χ1n) is 9.13. The molecule has 0 aliphatic rings. The highest BCUT2D eigenvalue weighted by molar-refractivity contribution is 7.18. The monoisotopic (exact) mass is 397 g/mol. The Kier molecular flexibility index (Phi) is 6.16. The van der Waals surface area contributed by atoms with Gasteiger partial charge in [0.15, 0.2) is 5.76 Å². The summed E-state index contributed by atoms with van der Waals surface area (Å²) in [5.74, 6) is -0.313. The van der Waals surface area contributed by atoms with Crippen LogP contribution in [0.15, 0.2) is 53.1 Å². The Labute approximate surface area is 168 Å². The third kappa shape index (κ3) is 4.43. The number of carbonyl (C=O) groups is 2. The van der Waals surface area contributed by atoms with Gasteiger partial charge in [0.2, 0.25) is 0 Å². The average molecular weight is 398 g/mol. The largest absolute Gasteiger partial charge is 0.459 e. The van der Waals surface area contributed by atoms with Crippen LogP contribution in [0.25, 0.3) is 0 Å². The number of carbonyl (C=O) groups excluding carboxylic acids is 2. The van der Waals surface area contributed by atoms with E-state index in [4.69, 9.17) is 4.42 Å². The molecule has 1 aromatic carbocycles. The van der Waals surface area contributed by atoms with Crippen LogP contribution in [0, 0.1) is 6.92 Å². The summed E-state index contributed by atoms with van der Waals surface area (Å²) in [4.78, 5) is 27.5. The van der Waals surface area contributed by atoms with E-state index in [0.717, 1.165) is 30.0 Å². The van der Waals surface area contributed by atoms with Crippen LogP contribution in [0.4, 0.5) is 16.4 Å². The Hall–Kier alpha value is -3.06. The number of hydrogen-bond acceptors (Lipinski definition) is 5. The Balaban J connectivity index is 1.67. The lowest BCUT2D eigenvalue weighted by Gasteiger charge is -2.21. The summed E-state index contributed by atoms with van der Waals surface area (Å²) < 4.78 is 5.08. The molecule has 0 unspecified atom stereocenters. The van der Waals surface area contributed by atoms with Crippen molar-refractivity contribution < 1.29 is 14.0 Å². The molecule has 0 radical (unpaired) electrons. The molecular formula is C21H23N3O3S. The average Bonchev–Trinajstić information content (AvgIpc) is 3.34. The molecule has 146 valence electrons. The second-order valence-electron chi connectivity index (χ2n) is 6.23. The summed E-state index contributed by atoms with van der Waals surface area (Å²) in [5.41, 5.74) is 2.66. The van der Waals surface area contributed by atoms with Gasteiger partial charge in [0, 0.05) is 24.5 Å². The molecule has 0 bridgehead atoms. The van der Waals surface area contributed by atoms with Crippen molar-refractivity contribution in [1.82, 2.24) is 0 Å². The molecule has 0 saturated heterocycles. The minimum absolute atomic E-state index is 0.198. The molecule has 0 aliphatic carbocycles. The fraction of sp³-hybridized carbons (Fsp3) is 0.238. The van der Waals surface area contributed by atoms with E-state index in [1.165, 1.54) is 17.6 Å². The van der Waals surface area contributed by atoms with Gasteiger partial charge < -0.3 is 20.0 Å². The number of amides is 2. The minimum Gasteiger partial charge on any atom is -0.459 e. The Morgan fingerprint density at radius 2 is 1.75 bits per heavy atom. The zero-order valence-electron chi connectivity index (χ0n) is 16.1. The summed E-state index contributed by atoms with van der Waals surface area (Å²) >= 11 is 1.23. The lowest BCUT2D eigenvalue weighted by Crippen LogP contribution is -2.21. The minimum atomic E-state index is -0.342. The van der Waals surface area contributed by atoms with Gasteiger partial charge in [-0.1, -0.05) is 0 Å². The third-order valence-electron chi connectivity index (χ3n) is 4.36. The number of thiophene rings is 1. The molecule has 3 aromatic rings. The molecule has 0 spiro atoms. The van der Waals surface area contributed by atoms with Crippen LogP contribution < -0.4 is 15.5 Å². The van der Waals surface area contributed by atoms with E-state index < -0.39 is 0 Å². The molecule has 2 aromatic heterocycles. The lowest BCUT2D eigenvalue weighted by atomic mass is 10.2. The maximum atomic E-state index is 12.7. The fourth-order valence-corrected chi connectivity index (χ4v) is 3.85. The number of anilines is 3. The van der Waals surface area contributed by atoms with Crippen LogP contribution in [-0.2, 0) is 0 Å². The van der Waals surface area contributed by atoms with Crippen LogP contribution >= 0.6 is 11.3 Å². The van der Waals surface area contributed by atoms with E-state index in [2.05, 4.69) is 29.4 Å². The second-order valence-corrected chi connectivity index (χ2v) is 7.28. The predicted octanol–water partition coefficient (Wildman–Crippen LogP) is 5.00. The van der Waals surface area contributed by atoms with Gasteiger partial charge in [0.05, 0.1) is 16.1 Å². The summed E-state index contributed by atoms with van der Waals surface area (Å²) in [5, 5.41) is 6.27. The topological polar surface area (TPSA) is 74.6 Å². The number of nitrogens with one attached hydrogen (secondary N) is 2. The third-order valence-corrected chi connectivity index (χ3v) is 5.51. The first-order chi connectivity index (χ1) is 13.5. The highest BCUT2D eigenvalue weighted by Crippen LogP contribution is 2.28. The summed E-state index contributed by atoms with van der Waals surface area (Å²) in [6.07, 6.45) is 1.44. The van der Waals surface area contributed by atoms with Crippen molar-refractivity contribution in [1.29, 1.82) is 0 Å². The molecule has 7 heteroatoms. The molecule has 2 N–H and O–H groups in total. The van der Waals surface area contributed by atoms with Crippen molar-refractivity contribution in [3.8, 4) is 0 Å². The molecule has 2 heterocycles. The maximum absolute atomic E-state index is 12.7. The predicted molar refractivity (Wildman–Crippen MR) is 114 cm³/mol. The lowest BCUT2D eigenvalue weighted by molar-refractivity contribution is 0.0995. The standard InChI is InChI=1S/C21H23N3O3S/c1-4-24(5-2)16-10-8-15(9-11-16)22-21(26)19-14(3)13-18(28-19)23-20(25)17-7-6-12-27-17/h6-13H,4-5H2,1-3H3,(H,22,26)(H,23,25). The highest BCUT2D eigenvalue weighted by atomic mass is 32.1. The fourth-order valence-electron chi connectivity index (χ4n) is 2.88. The van der Waals surface area contributed by atoms with E-state index in [0.29, 0.717) is 9.88 Å². The highest BCUT2D eigenvalue weighted by Gasteiger charge is 2.17. The maximum Gasteiger partial charge on any atom is 0.291 e. The van der Waals surface area contributed by atoms with Crippen molar-refractivity contribution in [2.45, 2.75) is 20.8 Å². The van der Waals surface area contributed by atoms with Crippen molar-refractivity contribution in [2.24, 2.45) is 0 Å². The number of nitrogens with zero attached hydrogens (tertiary/aromatic N) is 1. The van der Waals surface area contributed by atoms with Crippen LogP contribution in [0.5, 0.6) is 0 Å². The van der Waals surface area contributed by atoms with E-state index in [1.807, 2.05) is 31.2 Å². The van der Waals surface area contributed by atoms with Crippen LogP contribution in [0.3, 0.4) is 0 Å². The van der Waals surface area contributed by atoms with Crippen molar-refractivity contribution in [3.05, 3.63) is 64.9 Å².